The molecular weight excluding hydrogens is 200 g/mol. The van der Waals surface area contributed by atoms with Crippen molar-refractivity contribution in [2.24, 2.45) is 0 Å². The second-order valence-corrected chi connectivity index (χ2v) is 5.09. The first-order chi connectivity index (χ1) is 6.38. The Hall–Kier alpha value is -0.140. The van der Waals surface area contributed by atoms with Crippen LogP contribution in [-0.4, -0.2) is 5.25 Å². The number of hydrogen-bond donors (Lipinski definition) is 0. The highest BCUT2D eigenvalue weighted by atomic mass is 35.5. The summed E-state index contributed by atoms with van der Waals surface area (Å²) in [5.41, 5.74) is 1.21. The monoisotopic (exact) mass is 212 g/mol. The summed E-state index contributed by atoms with van der Waals surface area (Å²) in [6, 6.07) is 8.60. The van der Waals surface area contributed by atoms with E-state index < -0.39 is 0 Å². The van der Waals surface area contributed by atoms with E-state index in [4.69, 9.17) is 11.6 Å². The van der Waals surface area contributed by atoms with Crippen LogP contribution in [0.2, 0.25) is 0 Å². The van der Waals surface area contributed by atoms with Crippen molar-refractivity contribution in [2.75, 3.05) is 0 Å². The third-order valence-corrected chi connectivity index (χ3v) is 4.09. The third-order valence-electron chi connectivity index (χ3n) is 2.43. The van der Waals surface area contributed by atoms with Crippen molar-refractivity contribution >= 4 is 23.4 Å². The van der Waals surface area contributed by atoms with E-state index in [1.165, 1.54) is 29.7 Å². The molecule has 1 aliphatic rings. The standard InChI is InChI=1S/C11H13ClS/c12-8-9-4-6-11(7-5-9)13-10-2-1-3-10/h4-7,10H,1-3,8H2. The lowest BCUT2D eigenvalue weighted by atomic mass is 10.0. The molecule has 2 heteroatoms. The molecule has 0 aliphatic heterocycles. The maximum atomic E-state index is 5.72. The van der Waals surface area contributed by atoms with E-state index in [0.717, 1.165) is 5.25 Å². The van der Waals surface area contributed by atoms with E-state index in [0.29, 0.717) is 5.88 Å². The van der Waals surface area contributed by atoms with Crippen molar-refractivity contribution in [3.05, 3.63) is 29.8 Å². The topological polar surface area (TPSA) is 0 Å². The lowest BCUT2D eigenvalue weighted by Gasteiger charge is -2.24. The van der Waals surface area contributed by atoms with Crippen molar-refractivity contribution in [3.63, 3.8) is 0 Å². The fourth-order valence-corrected chi connectivity index (χ4v) is 2.76. The Bertz CT molecular complexity index is 264. The Balaban J connectivity index is 1.96. The maximum Gasteiger partial charge on any atom is 0.0474 e. The molecule has 1 aromatic carbocycles. The van der Waals surface area contributed by atoms with Gasteiger partial charge in [0.15, 0.2) is 0 Å². The zero-order chi connectivity index (χ0) is 9.10. The van der Waals surface area contributed by atoms with Gasteiger partial charge in [-0.1, -0.05) is 18.6 Å². The first-order valence-electron chi connectivity index (χ1n) is 4.70. The maximum absolute atomic E-state index is 5.72. The molecule has 2 rings (SSSR count). The van der Waals surface area contributed by atoms with Gasteiger partial charge in [0, 0.05) is 16.0 Å². The lowest BCUT2D eigenvalue weighted by Crippen LogP contribution is -2.12. The highest BCUT2D eigenvalue weighted by Gasteiger charge is 2.17. The molecule has 1 saturated carbocycles. The molecule has 0 spiro atoms. The van der Waals surface area contributed by atoms with Crippen LogP contribution in [-0.2, 0) is 5.88 Å². The molecule has 13 heavy (non-hydrogen) atoms. The van der Waals surface area contributed by atoms with Gasteiger partial charge >= 0.3 is 0 Å². The van der Waals surface area contributed by atoms with Crippen LogP contribution >= 0.6 is 23.4 Å². The number of alkyl halides is 1. The summed E-state index contributed by atoms with van der Waals surface area (Å²) in [5.74, 6) is 0.619. The summed E-state index contributed by atoms with van der Waals surface area (Å²) >= 11 is 7.72. The Morgan fingerprint density at radius 2 is 1.92 bits per heavy atom. The molecule has 0 saturated heterocycles. The molecule has 0 aromatic heterocycles. The first-order valence-corrected chi connectivity index (χ1v) is 6.11. The molecule has 70 valence electrons. The number of rotatable bonds is 3. The molecule has 0 atom stereocenters. The second-order valence-electron chi connectivity index (χ2n) is 3.45. The summed E-state index contributed by atoms with van der Waals surface area (Å²) in [7, 11) is 0. The van der Waals surface area contributed by atoms with Crippen LogP contribution in [0.4, 0.5) is 0 Å². The lowest BCUT2D eigenvalue weighted by molar-refractivity contribution is 0.522. The molecule has 1 fully saturated rings. The van der Waals surface area contributed by atoms with Crippen LogP contribution in [0, 0.1) is 0 Å². The van der Waals surface area contributed by atoms with Gasteiger partial charge in [0.2, 0.25) is 0 Å². The van der Waals surface area contributed by atoms with Crippen molar-refractivity contribution in [3.8, 4) is 0 Å². The van der Waals surface area contributed by atoms with Crippen molar-refractivity contribution in [2.45, 2.75) is 35.3 Å². The van der Waals surface area contributed by atoms with Crippen LogP contribution in [0.3, 0.4) is 0 Å². The summed E-state index contributed by atoms with van der Waals surface area (Å²) in [6.45, 7) is 0. The van der Waals surface area contributed by atoms with E-state index >= 15 is 0 Å². The minimum absolute atomic E-state index is 0.619. The molecule has 0 unspecified atom stereocenters. The van der Waals surface area contributed by atoms with Crippen LogP contribution in [0.1, 0.15) is 24.8 Å². The number of thioether (sulfide) groups is 1. The Labute approximate surface area is 88.7 Å². The largest absolute Gasteiger partial charge is 0.123 e. The molecular formula is C11H13ClS. The Morgan fingerprint density at radius 3 is 2.38 bits per heavy atom. The molecule has 0 nitrogen and oxygen atoms in total. The van der Waals surface area contributed by atoms with Gasteiger partial charge in [-0.2, -0.15) is 0 Å². The van der Waals surface area contributed by atoms with E-state index in [9.17, 15) is 0 Å². The fraction of sp³-hybridized carbons (Fsp3) is 0.455. The van der Waals surface area contributed by atoms with Crippen LogP contribution in [0.5, 0.6) is 0 Å². The summed E-state index contributed by atoms with van der Waals surface area (Å²) < 4.78 is 0. The number of benzene rings is 1. The van der Waals surface area contributed by atoms with Gasteiger partial charge in [-0.3, -0.25) is 0 Å². The molecule has 0 amide bonds. The highest BCUT2D eigenvalue weighted by Crippen LogP contribution is 2.36. The Kier molecular flexibility index (Phi) is 3.18. The molecule has 0 heterocycles. The number of hydrogen-bond acceptors (Lipinski definition) is 1. The van der Waals surface area contributed by atoms with Crippen LogP contribution in [0.15, 0.2) is 29.2 Å². The third kappa shape index (κ3) is 2.41. The van der Waals surface area contributed by atoms with Crippen molar-refractivity contribution in [1.82, 2.24) is 0 Å². The number of halogens is 1. The second kappa shape index (κ2) is 4.39. The predicted molar refractivity (Wildman–Crippen MR) is 59.5 cm³/mol. The Morgan fingerprint density at radius 1 is 1.23 bits per heavy atom. The van der Waals surface area contributed by atoms with E-state index in [2.05, 4.69) is 24.3 Å². The van der Waals surface area contributed by atoms with Crippen molar-refractivity contribution < 1.29 is 0 Å². The summed E-state index contributed by atoms with van der Waals surface area (Å²) in [4.78, 5) is 1.39. The van der Waals surface area contributed by atoms with E-state index in [-0.39, 0.29) is 0 Å². The molecule has 1 aromatic rings. The summed E-state index contributed by atoms with van der Waals surface area (Å²) in [6.07, 6.45) is 4.20. The average Bonchev–Trinajstić information content (AvgIpc) is 2.12. The molecule has 0 radical (unpaired) electrons. The normalized spacial score (nSPS) is 17.0. The predicted octanol–water partition coefficient (Wildman–Crippen LogP) is 4.07. The SMILES string of the molecule is ClCc1ccc(SC2CCC2)cc1. The van der Waals surface area contributed by atoms with E-state index in [1.54, 1.807) is 0 Å². The highest BCUT2D eigenvalue weighted by molar-refractivity contribution is 8.00. The average molecular weight is 213 g/mol. The summed E-state index contributed by atoms with van der Waals surface area (Å²) in [5, 5.41) is 0.877. The first kappa shape index (κ1) is 9.42. The minimum Gasteiger partial charge on any atom is -0.123 e. The van der Waals surface area contributed by atoms with Gasteiger partial charge in [0.1, 0.15) is 0 Å². The minimum atomic E-state index is 0.619. The molecule has 1 aliphatic carbocycles. The fourth-order valence-electron chi connectivity index (χ4n) is 1.34. The zero-order valence-corrected chi connectivity index (χ0v) is 9.07. The quantitative estimate of drug-likeness (QED) is 0.681. The zero-order valence-electron chi connectivity index (χ0n) is 7.50. The van der Waals surface area contributed by atoms with Gasteiger partial charge < -0.3 is 0 Å². The van der Waals surface area contributed by atoms with Crippen LogP contribution in [0.25, 0.3) is 0 Å². The molecule has 0 N–H and O–H groups in total. The van der Waals surface area contributed by atoms with E-state index in [1.807, 2.05) is 11.8 Å². The molecule has 0 bridgehead atoms. The van der Waals surface area contributed by atoms with Gasteiger partial charge in [-0.05, 0) is 30.5 Å². The van der Waals surface area contributed by atoms with Gasteiger partial charge in [0.25, 0.3) is 0 Å². The van der Waals surface area contributed by atoms with Gasteiger partial charge in [0.05, 0.1) is 0 Å². The van der Waals surface area contributed by atoms with Crippen molar-refractivity contribution in [1.29, 1.82) is 0 Å². The van der Waals surface area contributed by atoms with Crippen LogP contribution < -0.4 is 0 Å². The smallest absolute Gasteiger partial charge is 0.0474 e. The van der Waals surface area contributed by atoms with Gasteiger partial charge in [-0.15, -0.1) is 23.4 Å². The van der Waals surface area contributed by atoms with Gasteiger partial charge in [-0.25, -0.2) is 0 Å².